The van der Waals surface area contributed by atoms with Crippen LogP contribution in [-0.2, 0) is 19.4 Å². The number of aryl methyl sites for hydroxylation is 2. The molecule has 1 aromatic carbocycles. The van der Waals surface area contributed by atoms with Gasteiger partial charge in [-0.3, -0.25) is 0 Å². The maximum Gasteiger partial charge on any atom is 0.136 e. The fraction of sp³-hybridized carbons (Fsp3) is 0.333. The number of fused-ring (bicyclic) bond motifs is 1. The lowest BCUT2D eigenvalue weighted by atomic mass is 10.1. The number of hydrogen-bond acceptors (Lipinski definition) is 5. The Morgan fingerprint density at radius 1 is 1.29 bits per heavy atom. The lowest BCUT2D eigenvalue weighted by Crippen LogP contribution is -1.99. The molecule has 0 aliphatic heterocycles. The first-order valence-electron chi connectivity index (χ1n) is 5.64. The van der Waals surface area contributed by atoms with Gasteiger partial charge in [-0.05, 0) is 42.5 Å². The summed E-state index contributed by atoms with van der Waals surface area (Å²) < 4.78 is 9.46. The number of ether oxygens (including phenoxy) is 1. The molecule has 0 unspecified atom stereocenters. The third kappa shape index (κ3) is 2.10. The predicted molar refractivity (Wildman–Crippen MR) is 67.1 cm³/mol. The third-order valence-electron chi connectivity index (χ3n) is 3.03. The van der Waals surface area contributed by atoms with Crippen molar-refractivity contribution in [3.63, 3.8) is 0 Å². The van der Waals surface area contributed by atoms with E-state index in [4.69, 9.17) is 10.5 Å². The molecular formula is C12H13N3OS. The summed E-state index contributed by atoms with van der Waals surface area (Å²) in [4.78, 5) is 0. The molecule has 5 heteroatoms. The Hall–Kier alpha value is -1.62. The summed E-state index contributed by atoms with van der Waals surface area (Å²) >= 11 is 1.20. The Labute approximate surface area is 104 Å². The molecule has 0 atom stereocenters. The molecule has 2 N–H and O–H groups in total. The molecule has 0 spiro atoms. The monoisotopic (exact) mass is 247 g/mol. The van der Waals surface area contributed by atoms with Crippen molar-refractivity contribution in [3.05, 3.63) is 35.0 Å². The number of anilines is 1. The van der Waals surface area contributed by atoms with Gasteiger partial charge in [-0.15, -0.1) is 5.10 Å². The van der Waals surface area contributed by atoms with E-state index in [1.54, 1.807) is 0 Å². The van der Waals surface area contributed by atoms with Gasteiger partial charge in [-0.2, -0.15) is 0 Å². The summed E-state index contributed by atoms with van der Waals surface area (Å²) in [5.41, 5.74) is 9.29. The van der Waals surface area contributed by atoms with Crippen LogP contribution in [0.2, 0.25) is 0 Å². The van der Waals surface area contributed by atoms with E-state index >= 15 is 0 Å². The maximum atomic E-state index is 5.71. The van der Waals surface area contributed by atoms with Gasteiger partial charge in [0.2, 0.25) is 0 Å². The molecule has 0 saturated carbocycles. The van der Waals surface area contributed by atoms with Crippen molar-refractivity contribution in [2.24, 2.45) is 0 Å². The van der Waals surface area contributed by atoms with Crippen LogP contribution in [0.3, 0.4) is 0 Å². The van der Waals surface area contributed by atoms with Crippen LogP contribution in [0.25, 0.3) is 0 Å². The first kappa shape index (κ1) is 10.5. The minimum Gasteiger partial charge on any atom is -0.487 e. The molecular weight excluding hydrogens is 234 g/mol. The number of hydrogen-bond donors (Lipinski definition) is 1. The Bertz CT molecular complexity index is 538. The summed E-state index contributed by atoms with van der Waals surface area (Å²) in [7, 11) is 0. The molecule has 0 fully saturated rings. The van der Waals surface area contributed by atoms with Crippen LogP contribution >= 0.6 is 11.5 Å². The minimum absolute atomic E-state index is 0.390. The quantitative estimate of drug-likeness (QED) is 0.903. The molecule has 88 valence electrons. The van der Waals surface area contributed by atoms with E-state index in [2.05, 4.69) is 21.7 Å². The van der Waals surface area contributed by atoms with E-state index in [1.165, 1.54) is 35.5 Å². The second kappa shape index (κ2) is 4.33. The van der Waals surface area contributed by atoms with Gasteiger partial charge in [-0.1, -0.05) is 10.6 Å². The highest BCUT2D eigenvalue weighted by atomic mass is 32.1. The summed E-state index contributed by atoms with van der Waals surface area (Å²) in [6, 6.07) is 6.29. The van der Waals surface area contributed by atoms with Gasteiger partial charge in [0.05, 0.1) is 0 Å². The van der Waals surface area contributed by atoms with Crippen molar-refractivity contribution < 1.29 is 4.74 Å². The molecule has 1 aliphatic rings. The van der Waals surface area contributed by atoms with E-state index in [0.29, 0.717) is 11.6 Å². The Morgan fingerprint density at radius 3 is 3.00 bits per heavy atom. The van der Waals surface area contributed by atoms with Crippen molar-refractivity contribution in [1.29, 1.82) is 0 Å². The standard InChI is InChI=1S/C12H13N3OS/c13-12-11(14-15-17-12)7-16-10-5-4-8-2-1-3-9(8)6-10/h4-6H,1-3,7,13H2. The normalized spacial score (nSPS) is 13.6. The zero-order chi connectivity index (χ0) is 11.7. The van der Waals surface area contributed by atoms with Gasteiger partial charge >= 0.3 is 0 Å². The van der Waals surface area contributed by atoms with Gasteiger partial charge in [-0.25, -0.2) is 0 Å². The first-order chi connectivity index (χ1) is 8.33. The van der Waals surface area contributed by atoms with Crippen LogP contribution in [0.4, 0.5) is 5.00 Å². The molecule has 0 saturated heterocycles. The second-order valence-corrected chi connectivity index (χ2v) is 4.94. The number of nitrogens with two attached hydrogens (primary N) is 1. The fourth-order valence-corrected chi connectivity index (χ4v) is 2.54. The third-order valence-corrected chi connectivity index (χ3v) is 3.63. The van der Waals surface area contributed by atoms with E-state index < -0.39 is 0 Å². The highest BCUT2D eigenvalue weighted by molar-refractivity contribution is 7.09. The number of aromatic nitrogens is 2. The van der Waals surface area contributed by atoms with Gasteiger partial charge in [0.25, 0.3) is 0 Å². The Kier molecular flexibility index (Phi) is 2.68. The molecule has 0 amide bonds. The lowest BCUT2D eigenvalue weighted by Gasteiger charge is -2.06. The second-order valence-electron chi connectivity index (χ2n) is 4.16. The van der Waals surface area contributed by atoms with Crippen LogP contribution < -0.4 is 10.5 Å². The minimum atomic E-state index is 0.390. The van der Waals surface area contributed by atoms with E-state index in [1.807, 2.05) is 6.07 Å². The van der Waals surface area contributed by atoms with Crippen LogP contribution in [0.5, 0.6) is 5.75 Å². The SMILES string of the molecule is Nc1snnc1COc1ccc2c(c1)CCC2. The fourth-order valence-electron chi connectivity index (χ4n) is 2.11. The highest BCUT2D eigenvalue weighted by Crippen LogP contribution is 2.26. The summed E-state index contributed by atoms with van der Waals surface area (Å²) in [5.74, 6) is 0.887. The van der Waals surface area contributed by atoms with Gasteiger partial charge in [0, 0.05) is 11.5 Å². The van der Waals surface area contributed by atoms with Crippen molar-refractivity contribution in [2.45, 2.75) is 25.9 Å². The number of nitrogen functional groups attached to an aromatic ring is 1. The molecule has 1 heterocycles. The maximum absolute atomic E-state index is 5.71. The molecule has 3 rings (SSSR count). The lowest BCUT2D eigenvalue weighted by molar-refractivity contribution is 0.301. The van der Waals surface area contributed by atoms with E-state index in [0.717, 1.165) is 17.9 Å². The molecule has 2 aromatic rings. The number of rotatable bonds is 3. The molecule has 0 radical (unpaired) electrons. The van der Waals surface area contributed by atoms with Gasteiger partial charge in [0.15, 0.2) is 0 Å². The Balaban J connectivity index is 1.72. The molecule has 4 nitrogen and oxygen atoms in total. The molecule has 17 heavy (non-hydrogen) atoms. The summed E-state index contributed by atoms with van der Waals surface area (Å²) in [6.45, 7) is 0.390. The van der Waals surface area contributed by atoms with Crippen LogP contribution in [0.1, 0.15) is 23.2 Å². The molecule has 0 bridgehead atoms. The van der Waals surface area contributed by atoms with Crippen molar-refractivity contribution in [3.8, 4) is 5.75 Å². The zero-order valence-electron chi connectivity index (χ0n) is 9.35. The van der Waals surface area contributed by atoms with Crippen LogP contribution in [0.15, 0.2) is 18.2 Å². The van der Waals surface area contributed by atoms with E-state index in [9.17, 15) is 0 Å². The van der Waals surface area contributed by atoms with Gasteiger partial charge < -0.3 is 10.5 Å². The molecule has 1 aromatic heterocycles. The summed E-state index contributed by atoms with van der Waals surface area (Å²) in [5, 5.41) is 4.55. The largest absolute Gasteiger partial charge is 0.487 e. The molecule has 1 aliphatic carbocycles. The van der Waals surface area contributed by atoms with E-state index in [-0.39, 0.29) is 0 Å². The van der Waals surface area contributed by atoms with Crippen LogP contribution in [0, 0.1) is 0 Å². The van der Waals surface area contributed by atoms with Crippen LogP contribution in [-0.4, -0.2) is 9.59 Å². The first-order valence-corrected chi connectivity index (χ1v) is 6.41. The van der Waals surface area contributed by atoms with Crippen molar-refractivity contribution in [1.82, 2.24) is 9.59 Å². The Morgan fingerprint density at radius 2 is 2.18 bits per heavy atom. The van der Waals surface area contributed by atoms with Gasteiger partial charge in [0.1, 0.15) is 23.1 Å². The number of nitrogens with zero attached hydrogens (tertiary/aromatic N) is 2. The average molecular weight is 247 g/mol. The van der Waals surface area contributed by atoms with Crippen molar-refractivity contribution in [2.75, 3.05) is 5.73 Å². The topological polar surface area (TPSA) is 61.0 Å². The number of benzene rings is 1. The van der Waals surface area contributed by atoms with Crippen molar-refractivity contribution >= 4 is 16.5 Å². The highest BCUT2D eigenvalue weighted by Gasteiger charge is 2.11. The predicted octanol–water partition coefficient (Wildman–Crippen LogP) is 2.19. The smallest absolute Gasteiger partial charge is 0.136 e. The summed E-state index contributed by atoms with van der Waals surface area (Å²) in [6.07, 6.45) is 3.60. The zero-order valence-corrected chi connectivity index (χ0v) is 10.2. The average Bonchev–Trinajstić information content (AvgIpc) is 2.94.